The van der Waals surface area contributed by atoms with E-state index in [0.717, 1.165) is 24.3 Å². The van der Waals surface area contributed by atoms with E-state index >= 15 is 0 Å². The SMILES string of the molecule is Cc1ccc(-n2c(Sc3cccc(F)c3C#N)nnc2N2CCOCC2)cc1. The normalized spacial score (nSPS) is 14.1. The Kier molecular flexibility index (Phi) is 5.28. The molecule has 0 atom stereocenters. The van der Waals surface area contributed by atoms with Crippen molar-refractivity contribution in [2.45, 2.75) is 17.0 Å². The highest BCUT2D eigenvalue weighted by atomic mass is 32.2. The number of anilines is 1. The van der Waals surface area contributed by atoms with Crippen molar-refractivity contribution in [3.05, 3.63) is 59.4 Å². The van der Waals surface area contributed by atoms with E-state index in [1.165, 1.54) is 17.8 Å². The van der Waals surface area contributed by atoms with Gasteiger partial charge in [-0.15, -0.1) is 10.2 Å². The molecule has 1 aliphatic rings. The van der Waals surface area contributed by atoms with Crippen molar-refractivity contribution in [2.75, 3.05) is 31.2 Å². The molecule has 1 saturated heterocycles. The standard InChI is InChI=1S/C20H18FN5OS/c1-14-5-7-15(8-6-14)26-19(25-9-11-27-12-10-25)23-24-20(26)28-18-4-2-3-17(21)16(18)13-22/h2-8H,9-12H2,1H3. The maximum absolute atomic E-state index is 14.0. The summed E-state index contributed by atoms with van der Waals surface area (Å²) < 4.78 is 21.4. The van der Waals surface area contributed by atoms with E-state index in [1.807, 2.05) is 41.8 Å². The van der Waals surface area contributed by atoms with E-state index in [4.69, 9.17) is 4.74 Å². The number of nitrogens with zero attached hydrogens (tertiary/aromatic N) is 5. The van der Waals surface area contributed by atoms with Gasteiger partial charge in [-0.05, 0) is 43.0 Å². The van der Waals surface area contributed by atoms with Crippen molar-refractivity contribution in [3.8, 4) is 11.8 Å². The molecule has 0 spiro atoms. The molecule has 0 N–H and O–H groups in total. The van der Waals surface area contributed by atoms with Crippen molar-refractivity contribution in [1.29, 1.82) is 5.26 Å². The second-order valence-electron chi connectivity index (χ2n) is 6.38. The number of morpholine rings is 1. The summed E-state index contributed by atoms with van der Waals surface area (Å²) in [6.07, 6.45) is 0. The molecule has 1 aromatic heterocycles. The second-order valence-corrected chi connectivity index (χ2v) is 7.39. The van der Waals surface area contributed by atoms with Crippen LogP contribution >= 0.6 is 11.8 Å². The molecule has 1 fully saturated rings. The number of hydrogen-bond donors (Lipinski definition) is 0. The van der Waals surface area contributed by atoms with Gasteiger partial charge in [0.1, 0.15) is 17.4 Å². The maximum Gasteiger partial charge on any atom is 0.232 e. The predicted octanol–water partition coefficient (Wildman–Crippen LogP) is 3.57. The molecule has 4 rings (SSSR count). The van der Waals surface area contributed by atoms with Crippen molar-refractivity contribution in [2.24, 2.45) is 0 Å². The lowest BCUT2D eigenvalue weighted by Gasteiger charge is -2.28. The summed E-state index contributed by atoms with van der Waals surface area (Å²) in [6, 6.07) is 14.6. The minimum Gasteiger partial charge on any atom is -0.378 e. The van der Waals surface area contributed by atoms with E-state index in [1.54, 1.807) is 12.1 Å². The Hall–Kier alpha value is -2.89. The van der Waals surface area contributed by atoms with Gasteiger partial charge in [0.25, 0.3) is 0 Å². The van der Waals surface area contributed by atoms with Gasteiger partial charge in [-0.1, -0.05) is 23.8 Å². The Bertz CT molecular complexity index is 1020. The number of nitriles is 1. The molecule has 2 aromatic carbocycles. The molecule has 0 aliphatic carbocycles. The van der Waals surface area contributed by atoms with Gasteiger partial charge in [0.2, 0.25) is 11.1 Å². The fourth-order valence-electron chi connectivity index (χ4n) is 3.01. The number of aryl methyl sites for hydroxylation is 1. The highest BCUT2D eigenvalue weighted by Crippen LogP contribution is 2.34. The number of benzene rings is 2. The molecule has 3 aromatic rings. The zero-order valence-electron chi connectivity index (χ0n) is 15.3. The number of hydrogen-bond acceptors (Lipinski definition) is 6. The highest BCUT2D eigenvalue weighted by molar-refractivity contribution is 7.99. The van der Waals surface area contributed by atoms with Gasteiger partial charge in [0, 0.05) is 18.0 Å². The topological polar surface area (TPSA) is 67.0 Å². The van der Waals surface area contributed by atoms with Crippen LogP contribution in [-0.4, -0.2) is 41.1 Å². The van der Waals surface area contributed by atoms with Crippen LogP contribution in [0.2, 0.25) is 0 Å². The van der Waals surface area contributed by atoms with Crippen LogP contribution in [0.15, 0.2) is 52.5 Å². The van der Waals surface area contributed by atoms with Crippen molar-refractivity contribution in [3.63, 3.8) is 0 Å². The van der Waals surface area contributed by atoms with Gasteiger partial charge < -0.3 is 9.64 Å². The second kappa shape index (κ2) is 8.00. The smallest absolute Gasteiger partial charge is 0.232 e. The van der Waals surface area contributed by atoms with E-state index < -0.39 is 5.82 Å². The first-order valence-electron chi connectivity index (χ1n) is 8.89. The maximum atomic E-state index is 14.0. The largest absolute Gasteiger partial charge is 0.378 e. The number of aromatic nitrogens is 3. The molecule has 0 radical (unpaired) electrons. The summed E-state index contributed by atoms with van der Waals surface area (Å²) in [7, 11) is 0. The third-order valence-electron chi connectivity index (χ3n) is 4.49. The van der Waals surface area contributed by atoms with Crippen molar-refractivity contribution >= 4 is 17.7 Å². The molecule has 0 amide bonds. The van der Waals surface area contributed by atoms with Crippen molar-refractivity contribution < 1.29 is 9.13 Å². The zero-order valence-corrected chi connectivity index (χ0v) is 16.1. The lowest BCUT2D eigenvalue weighted by atomic mass is 10.2. The monoisotopic (exact) mass is 395 g/mol. The third kappa shape index (κ3) is 3.59. The Labute approximate surface area is 166 Å². The fraction of sp³-hybridized carbons (Fsp3) is 0.250. The first-order chi connectivity index (χ1) is 13.7. The van der Waals surface area contributed by atoms with Gasteiger partial charge in [0.05, 0.1) is 18.9 Å². The molecule has 1 aliphatic heterocycles. The number of ether oxygens (including phenoxy) is 1. The van der Waals surface area contributed by atoms with E-state index in [-0.39, 0.29) is 5.56 Å². The summed E-state index contributed by atoms with van der Waals surface area (Å²) in [5.74, 6) is 0.173. The summed E-state index contributed by atoms with van der Waals surface area (Å²) in [6.45, 7) is 4.73. The van der Waals surface area contributed by atoms with Crippen LogP contribution < -0.4 is 4.90 Å². The minimum atomic E-state index is -0.540. The van der Waals surface area contributed by atoms with Crippen LogP contribution in [0.4, 0.5) is 10.3 Å². The molecule has 6 nitrogen and oxygen atoms in total. The number of rotatable bonds is 4. The average molecular weight is 395 g/mol. The van der Waals surface area contributed by atoms with Crippen LogP contribution in [0.5, 0.6) is 0 Å². The summed E-state index contributed by atoms with van der Waals surface area (Å²) in [5, 5.41) is 18.7. The molecule has 8 heteroatoms. The van der Waals surface area contributed by atoms with Crippen LogP contribution in [0.25, 0.3) is 5.69 Å². The average Bonchev–Trinajstić information content (AvgIpc) is 3.13. The molecule has 0 bridgehead atoms. The van der Waals surface area contributed by atoms with Gasteiger partial charge in [-0.3, -0.25) is 4.57 Å². The van der Waals surface area contributed by atoms with E-state index in [9.17, 15) is 9.65 Å². The first kappa shape index (κ1) is 18.5. The first-order valence-corrected chi connectivity index (χ1v) is 9.70. The quantitative estimate of drug-likeness (QED) is 0.673. The lowest BCUT2D eigenvalue weighted by molar-refractivity contribution is 0.122. The molecular weight excluding hydrogens is 377 g/mol. The Morgan fingerprint density at radius 1 is 1.11 bits per heavy atom. The van der Waals surface area contributed by atoms with Crippen LogP contribution in [0.3, 0.4) is 0 Å². The van der Waals surface area contributed by atoms with E-state index in [2.05, 4.69) is 15.1 Å². The Morgan fingerprint density at radius 3 is 2.57 bits per heavy atom. The zero-order chi connectivity index (χ0) is 19.5. The summed E-state index contributed by atoms with van der Waals surface area (Å²) in [4.78, 5) is 2.63. The van der Waals surface area contributed by atoms with Crippen LogP contribution in [0, 0.1) is 24.1 Å². The molecule has 2 heterocycles. The minimum absolute atomic E-state index is 0.0129. The summed E-state index contributed by atoms with van der Waals surface area (Å²) in [5.41, 5.74) is 2.07. The van der Waals surface area contributed by atoms with Crippen LogP contribution in [0.1, 0.15) is 11.1 Å². The molecule has 142 valence electrons. The van der Waals surface area contributed by atoms with Crippen LogP contribution in [-0.2, 0) is 4.74 Å². The van der Waals surface area contributed by atoms with Crippen molar-refractivity contribution in [1.82, 2.24) is 14.8 Å². The molecule has 0 unspecified atom stereocenters. The van der Waals surface area contributed by atoms with Gasteiger partial charge >= 0.3 is 0 Å². The molecular formula is C20H18FN5OS. The Morgan fingerprint density at radius 2 is 1.86 bits per heavy atom. The fourth-order valence-corrected chi connectivity index (χ4v) is 3.96. The van der Waals surface area contributed by atoms with E-state index in [0.29, 0.717) is 29.2 Å². The summed E-state index contributed by atoms with van der Waals surface area (Å²) >= 11 is 1.23. The van der Waals surface area contributed by atoms with Gasteiger partial charge in [-0.25, -0.2) is 4.39 Å². The predicted molar refractivity (Wildman–Crippen MR) is 104 cm³/mol. The van der Waals surface area contributed by atoms with Gasteiger partial charge in [0.15, 0.2) is 0 Å². The lowest BCUT2D eigenvalue weighted by Crippen LogP contribution is -2.37. The van der Waals surface area contributed by atoms with Gasteiger partial charge in [-0.2, -0.15) is 5.26 Å². The number of halogens is 1. The third-order valence-corrected chi connectivity index (χ3v) is 5.50. The molecule has 0 saturated carbocycles. The Balaban J connectivity index is 1.79. The highest BCUT2D eigenvalue weighted by Gasteiger charge is 2.23. The molecule has 28 heavy (non-hydrogen) atoms.